The van der Waals surface area contributed by atoms with Gasteiger partial charge in [-0.3, -0.25) is 4.79 Å². The van der Waals surface area contributed by atoms with Gasteiger partial charge in [-0.25, -0.2) is 4.98 Å². The Bertz CT molecular complexity index is 883. The molecule has 3 aromatic rings. The highest BCUT2D eigenvalue weighted by atomic mass is 32.1. The Balaban J connectivity index is 1.46. The Morgan fingerprint density at radius 3 is 2.74 bits per heavy atom. The van der Waals surface area contributed by atoms with E-state index in [1.807, 2.05) is 43.5 Å². The van der Waals surface area contributed by atoms with Crippen LogP contribution in [0.15, 0.2) is 52.5 Å². The molecule has 6 heteroatoms. The average Bonchev–Trinajstić information content (AvgIpc) is 3.30. The van der Waals surface area contributed by atoms with E-state index in [2.05, 4.69) is 27.1 Å². The van der Waals surface area contributed by atoms with Crippen molar-refractivity contribution in [2.24, 2.45) is 0 Å². The van der Waals surface area contributed by atoms with E-state index < -0.39 is 0 Å². The summed E-state index contributed by atoms with van der Waals surface area (Å²) in [4.78, 5) is 16.4. The summed E-state index contributed by atoms with van der Waals surface area (Å²) in [7, 11) is 0. The van der Waals surface area contributed by atoms with Gasteiger partial charge in [-0.2, -0.15) is 11.3 Å². The second-order valence-corrected chi connectivity index (χ2v) is 8.14. The second kappa shape index (κ2) is 9.48. The number of amides is 1. The molecule has 1 atom stereocenters. The van der Waals surface area contributed by atoms with Crippen molar-refractivity contribution in [2.45, 2.75) is 32.9 Å². The smallest absolute Gasteiger partial charge is 0.244 e. The minimum Gasteiger partial charge on any atom is -0.487 e. The number of thiophene rings is 1. The summed E-state index contributed by atoms with van der Waals surface area (Å²) in [6.07, 6.45) is 4.21. The van der Waals surface area contributed by atoms with Crippen LogP contribution < -0.4 is 10.1 Å². The maximum absolute atomic E-state index is 12.1. The van der Waals surface area contributed by atoms with Gasteiger partial charge in [0.2, 0.25) is 5.91 Å². The molecule has 1 aromatic carbocycles. The van der Waals surface area contributed by atoms with Crippen molar-refractivity contribution in [1.82, 2.24) is 10.3 Å². The molecule has 1 N–H and O–H groups in total. The SMILES string of the molecule is Cc1nc(COc2ccc(/C=C/C(=O)NC(C)Cc3ccsc3)cc2)cs1. The molecule has 1 unspecified atom stereocenters. The van der Waals surface area contributed by atoms with Crippen LogP contribution in [0.5, 0.6) is 5.75 Å². The molecule has 0 spiro atoms. The minimum absolute atomic E-state index is 0.0861. The summed E-state index contributed by atoms with van der Waals surface area (Å²) in [5.41, 5.74) is 3.14. The predicted molar refractivity (Wildman–Crippen MR) is 112 cm³/mol. The van der Waals surface area contributed by atoms with Crippen molar-refractivity contribution in [3.63, 3.8) is 0 Å². The molecule has 2 aromatic heterocycles. The van der Waals surface area contributed by atoms with Gasteiger partial charge in [0.15, 0.2) is 0 Å². The van der Waals surface area contributed by atoms with Crippen LogP contribution in [0.3, 0.4) is 0 Å². The number of thiazole rings is 1. The zero-order chi connectivity index (χ0) is 19.1. The Morgan fingerprint density at radius 1 is 1.26 bits per heavy atom. The van der Waals surface area contributed by atoms with Crippen molar-refractivity contribution in [3.05, 3.63) is 74.4 Å². The van der Waals surface area contributed by atoms with E-state index in [1.165, 1.54) is 5.56 Å². The normalized spacial score (nSPS) is 12.2. The topological polar surface area (TPSA) is 51.2 Å². The van der Waals surface area contributed by atoms with Gasteiger partial charge in [-0.15, -0.1) is 11.3 Å². The van der Waals surface area contributed by atoms with Gasteiger partial charge in [-0.1, -0.05) is 12.1 Å². The first-order chi connectivity index (χ1) is 13.1. The fraction of sp³-hybridized carbons (Fsp3) is 0.238. The Kier molecular flexibility index (Phi) is 6.79. The fourth-order valence-electron chi connectivity index (χ4n) is 2.58. The van der Waals surface area contributed by atoms with E-state index in [-0.39, 0.29) is 11.9 Å². The number of carbonyl (C=O) groups is 1. The zero-order valence-electron chi connectivity index (χ0n) is 15.3. The molecule has 140 valence electrons. The van der Waals surface area contributed by atoms with Gasteiger partial charge in [0.05, 0.1) is 10.7 Å². The number of rotatable bonds is 8. The first-order valence-electron chi connectivity index (χ1n) is 8.72. The van der Waals surface area contributed by atoms with Crippen LogP contribution in [0.4, 0.5) is 0 Å². The molecule has 4 nitrogen and oxygen atoms in total. The lowest BCUT2D eigenvalue weighted by Gasteiger charge is -2.11. The van der Waals surface area contributed by atoms with Gasteiger partial charge in [0.25, 0.3) is 0 Å². The maximum Gasteiger partial charge on any atom is 0.244 e. The molecular weight excluding hydrogens is 376 g/mol. The Morgan fingerprint density at radius 2 is 2.07 bits per heavy atom. The van der Waals surface area contributed by atoms with Gasteiger partial charge < -0.3 is 10.1 Å². The highest BCUT2D eigenvalue weighted by Crippen LogP contribution is 2.16. The Labute approximate surface area is 167 Å². The van der Waals surface area contributed by atoms with Crippen LogP contribution in [0.1, 0.15) is 28.8 Å². The molecule has 0 saturated heterocycles. The third-order valence-electron chi connectivity index (χ3n) is 3.87. The number of carbonyl (C=O) groups excluding carboxylic acids is 1. The number of hydrogen-bond donors (Lipinski definition) is 1. The van der Waals surface area contributed by atoms with E-state index in [1.54, 1.807) is 34.8 Å². The van der Waals surface area contributed by atoms with Crippen molar-refractivity contribution in [1.29, 1.82) is 0 Å². The summed E-state index contributed by atoms with van der Waals surface area (Å²) in [6, 6.07) is 9.84. The number of benzene rings is 1. The van der Waals surface area contributed by atoms with E-state index in [0.29, 0.717) is 6.61 Å². The molecule has 0 aliphatic carbocycles. The van der Waals surface area contributed by atoms with Crippen LogP contribution >= 0.6 is 22.7 Å². The summed E-state index contributed by atoms with van der Waals surface area (Å²) < 4.78 is 5.73. The fourth-order valence-corrected chi connectivity index (χ4v) is 3.86. The van der Waals surface area contributed by atoms with Crippen LogP contribution in [0.25, 0.3) is 6.08 Å². The lowest BCUT2D eigenvalue weighted by atomic mass is 10.1. The van der Waals surface area contributed by atoms with Crippen molar-refractivity contribution >= 4 is 34.7 Å². The third kappa shape index (κ3) is 6.34. The lowest BCUT2D eigenvalue weighted by Crippen LogP contribution is -2.32. The van der Waals surface area contributed by atoms with E-state index in [0.717, 1.165) is 28.4 Å². The van der Waals surface area contributed by atoms with Crippen LogP contribution in [-0.4, -0.2) is 16.9 Å². The molecule has 0 saturated carbocycles. The highest BCUT2D eigenvalue weighted by molar-refractivity contribution is 7.09. The predicted octanol–water partition coefficient (Wildman–Crippen LogP) is 4.85. The largest absolute Gasteiger partial charge is 0.487 e. The van der Waals surface area contributed by atoms with E-state index >= 15 is 0 Å². The van der Waals surface area contributed by atoms with Crippen molar-refractivity contribution in [2.75, 3.05) is 0 Å². The number of ether oxygens (including phenoxy) is 1. The van der Waals surface area contributed by atoms with Crippen LogP contribution in [0.2, 0.25) is 0 Å². The van der Waals surface area contributed by atoms with Gasteiger partial charge in [0, 0.05) is 17.5 Å². The lowest BCUT2D eigenvalue weighted by molar-refractivity contribution is -0.117. The molecule has 2 heterocycles. The third-order valence-corrected chi connectivity index (χ3v) is 5.43. The summed E-state index contributed by atoms with van der Waals surface area (Å²) >= 11 is 3.29. The molecular formula is C21H22N2O2S2. The summed E-state index contributed by atoms with van der Waals surface area (Å²) in [6.45, 7) is 4.46. The average molecular weight is 399 g/mol. The number of nitrogens with zero attached hydrogens (tertiary/aromatic N) is 1. The molecule has 27 heavy (non-hydrogen) atoms. The van der Waals surface area contributed by atoms with E-state index in [4.69, 9.17) is 4.74 Å². The molecule has 0 aliphatic rings. The van der Waals surface area contributed by atoms with Crippen LogP contribution in [-0.2, 0) is 17.8 Å². The molecule has 0 aliphatic heterocycles. The zero-order valence-corrected chi connectivity index (χ0v) is 17.0. The van der Waals surface area contributed by atoms with Crippen LogP contribution in [0, 0.1) is 6.92 Å². The first-order valence-corrected chi connectivity index (χ1v) is 10.5. The van der Waals surface area contributed by atoms with Crippen molar-refractivity contribution < 1.29 is 9.53 Å². The second-order valence-electron chi connectivity index (χ2n) is 6.29. The maximum atomic E-state index is 12.1. The summed E-state index contributed by atoms with van der Waals surface area (Å²) in [5, 5.41) is 10.2. The van der Waals surface area contributed by atoms with Gasteiger partial charge in [-0.05, 0) is 66.4 Å². The first kappa shape index (κ1) is 19.3. The van der Waals surface area contributed by atoms with Crippen molar-refractivity contribution in [3.8, 4) is 5.75 Å². The monoisotopic (exact) mass is 398 g/mol. The molecule has 1 amide bonds. The van der Waals surface area contributed by atoms with Gasteiger partial charge in [0.1, 0.15) is 12.4 Å². The Hall–Kier alpha value is -2.44. The molecule has 0 radical (unpaired) electrons. The standard InChI is InChI=1S/C21H22N2O2S2/c1-15(11-18-9-10-26-13-18)22-21(24)8-5-17-3-6-20(7-4-17)25-12-19-14-27-16(2)23-19/h3-10,13-15H,11-12H2,1-2H3,(H,22,24)/b8-5+. The molecule has 0 fully saturated rings. The summed E-state index contributed by atoms with van der Waals surface area (Å²) in [5.74, 6) is 0.698. The number of aryl methyl sites for hydroxylation is 1. The molecule has 0 bridgehead atoms. The number of hydrogen-bond acceptors (Lipinski definition) is 5. The van der Waals surface area contributed by atoms with E-state index in [9.17, 15) is 4.79 Å². The minimum atomic E-state index is -0.0861. The quantitative estimate of drug-likeness (QED) is 0.552. The highest BCUT2D eigenvalue weighted by Gasteiger charge is 2.06. The number of nitrogens with one attached hydrogen (secondary N) is 1. The molecule has 3 rings (SSSR count). The number of aromatic nitrogens is 1. The van der Waals surface area contributed by atoms with Gasteiger partial charge >= 0.3 is 0 Å².